The van der Waals surface area contributed by atoms with E-state index in [1.165, 1.54) is 96.2 Å². The lowest BCUT2D eigenvalue weighted by Gasteiger charge is -2.11. The molecule has 0 aliphatic heterocycles. The Kier molecular flexibility index (Phi) is 20.0. The summed E-state index contributed by atoms with van der Waals surface area (Å²) in [6.45, 7) is 5.03. The fourth-order valence-corrected chi connectivity index (χ4v) is 4.88. The van der Waals surface area contributed by atoms with E-state index in [-0.39, 0.29) is 19.0 Å². The van der Waals surface area contributed by atoms with Crippen LogP contribution in [-0.4, -0.2) is 39.0 Å². The zero-order valence-electron chi connectivity index (χ0n) is 23.8. The van der Waals surface area contributed by atoms with Gasteiger partial charge in [-0.15, -0.1) is 4.52 Å². The second-order valence-corrected chi connectivity index (χ2v) is 10.9. The maximum atomic E-state index is 11.9. The summed E-state index contributed by atoms with van der Waals surface area (Å²) in [7, 11) is -2.17. The lowest BCUT2D eigenvalue weighted by molar-refractivity contribution is -0.0367. The van der Waals surface area contributed by atoms with E-state index in [0.29, 0.717) is 30.1 Å². The molecule has 2 heterocycles. The first-order chi connectivity index (χ1) is 18.1. The van der Waals surface area contributed by atoms with Gasteiger partial charge in [-0.25, -0.2) is 15.0 Å². The third kappa shape index (κ3) is 15.0. The van der Waals surface area contributed by atoms with Crippen molar-refractivity contribution in [2.24, 2.45) is 0 Å². The monoisotopic (exact) mass is 555 g/mol. The van der Waals surface area contributed by atoms with Gasteiger partial charge in [-0.3, -0.25) is 0 Å². The van der Waals surface area contributed by atoms with Crippen LogP contribution in [0.15, 0.2) is 12.7 Å². The van der Waals surface area contributed by atoms with Gasteiger partial charge in [0.15, 0.2) is 11.5 Å². The zero-order valence-corrected chi connectivity index (χ0v) is 24.7. The van der Waals surface area contributed by atoms with Crippen molar-refractivity contribution in [1.29, 1.82) is 0 Å². The van der Waals surface area contributed by atoms with Crippen molar-refractivity contribution < 1.29 is 18.3 Å². The van der Waals surface area contributed by atoms with Gasteiger partial charge in [0.05, 0.1) is 19.0 Å². The Labute approximate surface area is 230 Å². The topological polar surface area (TPSA) is 149 Å². The van der Waals surface area contributed by atoms with Crippen molar-refractivity contribution in [3.8, 4) is 0 Å². The van der Waals surface area contributed by atoms with Crippen molar-refractivity contribution in [2.45, 2.75) is 129 Å². The first-order valence-corrected chi connectivity index (χ1v) is 15.5. The quantitative estimate of drug-likeness (QED) is 0.0748. The number of unbranched alkanes of at least 4 members (excludes halogenated alkanes) is 15. The highest BCUT2D eigenvalue weighted by molar-refractivity contribution is 7.33. The maximum absolute atomic E-state index is 11.9. The molecule has 2 rings (SSSR count). The molecule has 0 fully saturated rings. The smallest absolute Gasteiger partial charge is 0.382 e. The van der Waals surface area contributed by atoms with Crippen molar-refractivity contribution in [2.75, 3.05) is 19.1 Å². The maximum Gasteiger partial charge on any atom is 0.699 e. The Hall–Kier alpha value is -1.71. The molecule has 218 valence electrons. The van der Waals surface area contributed by atoms with Crippen LogP contribution in [0.25, 0.3) is 11.2 Å². The van der Waals surface area contributed by atoms with Gasteiger partial charge in [-0.1, -0.05) is 108 Å². The molecule has 11 heteroatoms. The molecule has 0 amide bonds. The number of anilines is 1. The highest BCUT2D eigenvalue weighted by atomic mass is 31.1. The van der Waals surface area contributed by atoms with Crippen LogP contribution >= 0.6 is 8.25 Å². The average Bonchev–Trinajstić information content (AvgIpc) is 3.29. The van der Waals surface area contributed by atoms with Crippen LogP contribution in [-0.2, 0) is 24.9 Å². The highest BCUT2D eigenvalue weighted by Crippen LogP contribution is 2.24. The molecule has 38 heavy (non-hydrogen) atoms. The van der Waals surface area contributed by atoms with Crippen LogP contribution in [0.1, 0.15) is 117 Å². The van der Waals surface area contributed by atoms with Gasteiger partial charge in [0.2, 0.25) is 6.79 Å². The van der Waals surface area contributed by atoms with Crippen LogP contribution in [0.3, 0.4) is 0 Å². The summed E-state index contributed by atoms with van der Waals surface area (Å²) in [5.41, 5.74) is 7.03. The number of hydrogen-bond donors (Lipinski definition) is 2. The summed E-state index contributed by atoms with van der Waals surface area (Å²) >= 11 is 0. The molecular formula is C27H52N6O4P+. The van der Waals surface area contributed by atoms with Gasteiger partial charge in [-0.05, 0) is 13.3 Å². The standard InChI is InChI=1S/C27H49N5O4P.H3N/c1-3-4-5-6-7-8-9-10-11-12-13-14-15-16-17-18-19-35-37(33)36-23-34-24(2)20-32-22-31-25-26(28)29-21-30-27(25)32;/h21-22,24H,3-20,23H2,1-2H3,(H2,28,29,30);1H3/q+1;/t24-;/m1./s1. The second-order valence-electron chi connectivity index (χ2n) is 9.91. The first-order valence-electron chi connectivity index (χ1n) is 14.4. The molecule has 5 N–H and O–H groups in total. The van der Waals surface area contributed by atoms with Crippen molar-refractivity contribution in [3.63, 3.8) is 0 Å². The Bertz CT molecular complexity index is 869. The molecule has 0 spiro atoms. The number of nitrogen functional groups attached to an aromatic ring is 1. The van der Waals surface area contributed by atoms with Crippen LogP contribution < -0.4 is 11.9 Å². The van der Waals surface area contributed by atoms with E-state index in [1.807, 2.05) is 11.5 Å². The largest absolute Gasteiger partial charge is 0.699 e. The van der Waals surface area contributed by atoms with Crippen LogP contribution in [0, 0.1) is 0 Å². The fourth-order valence-electron chi connectivity index (χ4n) is 4.38. The van der Waals surface area contributed by atoms with E-state index in [2.05, 4.69) is 21.9 Å². The summed E-state index contributed by atoms with van der Waals surface area (Å²) in [5, 5.41) is 0. The number of fused-ring (bicyclic) bond motifs is 1. The molecule has 0 aliphatic rings. The number of aromatic nitrogens is 4. The van der Waals surface area contributed by atoms with Crippen molar-refractivity contribution in [3.05, 3.63) is 12.7 Å². The van der Waals surface area contributed by atoms with E-state index in [9.17, 15) is 4.57 Å². The van der Waals surface area contributed by atoms with Gasteiger partial charge < -0.3 is 21.2 Å². The molecule has 0 aromatic carbocycles. The minimum absolute atomic E-state index is 0. The molecule has 0 saturated carbocycles. The first kappa shape index (κ1) is 34.3. The minimum atomic E-state index is -2.17. The second kappa shape index (κ2) is 22.1. The molecule has 1 unspecified atom stereocenters. The van der Waals surface area contributed by atoms with E-state index in [1.54, 1.807) is 6.33 Å². The predicted molar refractivity (Wildman–Crippen MR) is 154 cm³/mol. The molecule has 0 aliphatic carbocycles. The van der Waals surface area contributed by atoms with Gasteiger partial charge in [-0.2, -0.15) is 0 Å². The summed E-state index contributed by atoms with van der Waals surface area (Å²) in [4.78, 5) is 12.4. The fraction of sp³-hybridized carbons (Fsp3) is 0.815. The average molecular weight is 556 g/mol. The van der Waals surface area contributed by atoms with Gasteiger partial charge in [0.25, 0.3) is 0 Å². The number of ether oxygens (including phenoxy) is 1. The molecule has 0 saturated heterocycles. The number of nitrogens with zero attached hydrogens (tertiary/aromatic N) is 4. The van der Waals surface area contributed by atoms with E-state index in [4.69, 9.17) is 19.5 Å². The predicted octanol–water partition coefficient (Wildman–Crippen LogP) is 7.89. The summed E-state index contributed by atoms with van der Waals surface area (Å²) < 4.78 is 29.8. The number of hydrogen-bond acceptors (Lipinski definition) is 9. The summed E-state index contributed by atoms with van der Waals surface area (Å²) in [6, 6.07) is 0. The number of rotatable bonds is 24. The van der Waals surface area contributed by atoms with Crippen LogP contribution in [0.2, 0.25) is 0 Å². The third-order valence-corrected chi connectivity index (χ3v) is 7.30. The third-order valence-electron chi connectivity index (χ3n) is 6.59. The van der Waals surface area contributed by atoms with Gasteiger partial charge in [0.1, 0.15) is 18.5 Å². The Morgan fingerprint density at radius 2 is 1.39 bits per heavy atom. The number of imidazole rings is 1. The normalized spacial score (nSPS) is 12.5. The van der Waals surface area contributed by atoms with E-state index < -0.39 is 8.25 Å². The molecule has 2 aromatic rings. The lowest BCUT2D eigenvalue weighted by Crippen LogP contribution is -2.17. The minimum Gasteiger partial charge on any atom is -0.382 e. The molecule has 10 nitrogen and oxygen atoms in total. The van der Waals surface area contributed by atoms with Crippen LogP contribution in [0.5, 0.6) is 0 Å². The van der Waals surface area contributed by atoms with Gasteiger partial charge in [0, 0.05) is 4.57 Å². The summed E-state index contributed by atoms with van der Waals surface area (Å²) in [6.07, 6.45) is 24.0. The molecule has 0 radical (unpaired) electrons. The van der Waals surface area contributed by atoms with E-state index >= 15 is 0 Å². The summed E-state index contributed by atoms with van der Waals surface area (Å²) in [5.74, 6) is 0.346. The lowest BCUT2D eigenvalue weighted by atomic mass is 10.0. The van der Waals surface area contributed by atoms with Gasteiger partial charge >= 0.3 is 8.25 Å². The van der Waals surface area contributed by atoms with Crippen molar-refractivity contribution in [1.82, 2.24) is 25.7 Å². The molecule has 0 bridgehead atoms. The van der Waals surface area contributed by atoms with Crippen LogP contribution in [0.4, 0.5) is 5.82 Å². The Balaban J connectivity index is 0.00000722. The SMILES string of the molecule is CCCCCCCCCCCCCCCCCCO[P+](=O)OCO[C@H](C)Cn1cnc2c(N)ncnc21.N. The molecule has 2 atom stereocenters. The Morgan fingerprint density at radius 1 is 0.842 bits per heavy atom. The number of nitrogens with two attached hydrogens (primary N) is 1. The van der Waals surface area contributed by atoms with Crippen molar-refractivity contribution >= 4 is 25.2 Å². The molecular weight excluding hydrogens is 503 g/mol. The van der Waals surface area contributed by atoms with E-state index in [0.717, 1.165) is 12.8 Å². The zero-order chi connectivity index (χ0) is 26.6. The molecule has 2 aromatic heterocycles. The Morgan fingerprint density at radius 3 is 1.97 bits per heavy atom. The highest BCUT2D eigenvalue weighted by Gasteiger charge is 2.21.